The van der Waals surface area contributed by atoms with E-state index in [4.69, 9.17) is 10.5 Å². The van der Waals surface area contributed by atoms with Crippen LogP contribution in [0.15, 0.2) is 48.5 Å². The summed E-state index contributed by atoms with van der Waals surface area (Å²) in [7, 11) is 0. The molecule has 0 saturated heterocycles. The maximum Gasteiger partial charge on any atom is 0.119 e. The van der Waals surface area contributed by atoms with Gasteiger partial charge in [0.05, 0.1) is 0 Å². The Morgan fingerprint density at radius 1 is 0.900 bits per heavy atom. The maximum atomic E-state index is 5.80. The zero-order valence-corrected chi connectivity index (χ0v) is 12.3. The molecule has 2 rings (SSSR count). The van der Waals surface area contributed by atoms with Crippen LogP contribution in [-0.2, 0) is 13.0 Å². The molecule has 0 bridgehead atoms. The lowest BCUT2D eigenvalue weighted by molar-refractivity contribution is 0.306. The molecule has 0 heterocycles. The standard InChI is InChI=1S/C18H23NO/c1-14(2)17-7-9-18(10-8-17)20-13-16-5-3-15(4-6-16)11-12-19/h3-10,14H,11-13,19H2,1-2H3. The van der Waals surface area contributed by atoms with Crippen LogP contribution in [0.4, 0.5) is 0 Å². The van der Waals surface area contributed by atoms with Crippen LogP contribution in [-0.4, -0.2) is 6.54 Å². The van der Waals surface area contributed by atoms with Crippen molar-refractivity contribution >= 4 is 0 Å². The Morgan fingerprint density at radius 2 is 1.50 bits per heavy atom. The van der Waals surface area contributed by atoms with Gasteiger partial charge in [0.25, 0.3) is 0 Å². The average molecular weight is 269 g/mol. The van der Waals surface area contributed by atoms with Crippen molar-refractivity contribution in [2.45, 2.75) is 32.8 Å². The molecule has 0 saturated carbocycles. The van der Waals surface area contributed by atoms with Crippen LogP contribution in [0.5, 0.6) is 5.75 Å². The van der Waals surface area contributed by atoms with E-state index < -0.39 is 0 Å². The molecule has 0 radical (unpaired) electrons. The van der Waals surface area contributed by atoms with Gasteiger partial charge in [0.2, 0.25) is 0 Å². The first-order chi connectivity index (χ1) is 9.69. The van der Waals surface area contributed by atoms with E-state index in [1.807, 2.05) is 12.1 Å². The number of benzene rings is 2. The summed E-state index contributed by atoms with van der Waals surface area (Å²) in [6, 6.07) is 16.8. The minimum Gasteiger partial charge on any atom is -0.489 e. The molecule has 0 unspecified atom stereocenters. The van der Waals surface area contributed by atoms with E-state index in [9.17, 15) is 0 Å². The Balaban J connectivity index is 1.91. The second kappa shape index (κ2) is 7.11. The Morgan fingerprint density at radius 3 is 2.05 bits per heavy atom. The molecule has 0 aliphatic heterocycles. The van der Waals surface area contributed by atoms with E-state index in [2.05, 4.69) is 50.2 Å². The van der Waals surface area contributed by atoms with Crippen LogP contribution in [0.25, 0.3) is 0 Å². The Kier molecular flexibility index (Phi) is 5.19. The normalized spacial score (nSPS) is 10.8. The van der Waals surface area contributed by atoms with E-state index >= 15 is 0 Å². The van der Waals surface area contributed by atoms with Gasteiger partial charge in [0.15, 0.2) is 0 Å². The van der Waals surface area contributed by atoms with E-state index in [1.54, 1.807) is 0 Å². The Labute approximate surface area is 121 Å². The lowest BCUT2D eigenvalue weighted by Gasteiger charge is -2.09. The van der Waals surface area contributed by atoms with E-state index in [-0.39, 0.29) is 0 Å². The summed E-state index contributed by atoms with van der Waals surface area (Å²) in [5.41, 5.74) is 9.33. The predicted octanol–water partition coefficient (Wildman–Crippen LogP) is 3.89. The SMILES string of the molecule is CC(C)c1ccc(OCc2ccc(CCN)cc2)cc1. The molecule has 20 heavy (non-hydrogen) atoms. The van der Waals surface area contributed by atoms with Crippen molar-refractivity contribution in [2.75, 3.05) is 6.54 Å². The highest BCUT2D eigenvalue weighted by Gasteiger charge is 2.00. The third-order valence-corrected chi connectivity index (χ3v) is 3.41. The van der Waals surface area contributed by atoms with Gasteiger partial charge in [-0.1, -0.05) is 50.2 Å². The summed E-state index contributed by atoms with van der Waals surface area (Å²) in [5, 5.41) is 0. The summed E-state index contributed by atoms with van der Waals surface area (Å²) in [5.74, 6) is 1.47. The van der Waals surface area contributed by atoms with Crippen molar-refractivity contribution in [2.24, 2.45) is 5.73 Å². The highest BCUT2D eigenvalue weighted by Crippen LogP contribution is 2.19. The molecule has 2 aromatic carbocycles. The molecule has 2 nitrogen and oxygen atoms in total. The summed E-state index contributed by atoms with van der Waals surface area (Å²) < 4.78 is 5.80. The fourth-order valence-corrected chi connectivity index (χ4v) is 2.08. The van der Waals surface area contributed by atoms with Crippen LogP contribution >= 0.6 is 0 Å². The van der Waals surface area contributed by atoms with Crippen molar-refractivity contribution in [1.29, 1.82) is 0 Å². The lowest BCUT2D eigenvalue weighted by Crippen LogP contribution is -2.03. The fourth-order valence-electron chi connectivity index (χ4n) is 2.08. The van der Waals surface area contributed by atoms with Crippen LogP contribution in [0.1, 0.15) is 36.5 Å². The first-order valence-corrected chi connectivity index (χ1v) is 7.19. The quantitative estimate of drug-likeness (QED) is 0.863. The second-order valence-electron chi connectivity index (χ2n) is 5.37. The minimum absolute atomic E-state index is 0.555. The smallest absolute Gasteiger partial charge is 0.119 e. The van der Waals surface area contributed by atoms with Gasteiger partial charge in [0.1, 0.15) is 12.4 Å². The van der Waals surface area contributed by atoms with Gasteiger partial charge in [0, 0.05) is 0 Å². The Bertz CT molecular complexity index is 514. The highest BCUT2D eigenvalue weighted by molar-refractivity contribution is 5.29. The first kappa shape index (κ1) is 14.6. The number of nitrogens with two attached hydrogens (primary N) is 1. The lowest BCUT2D eigenvalue weighted by atomic mass is 10.0. The van der Waals surface area contributed by atoms with Crippen LogP contribution in [0, 0.1) is 0 Å². The summed E-state index contributed by atoms with van der Waals surface area (Å²) in [6.45, 7) is 5.68. The van der Waals surface area contributed by atoms with Crippen molar-refractivity contribution in [1.82, 2.24) is 0 Å². The molecule has 106 valence electrons. The molecule has 2 heteroatoms. The van der Waals surface area contributed by atoms with Gasteiger partial charge in [-0.2, -0.15) is 0 Å². The monoisotopic (exact) mass is 269 g/mol. The topological polar surface area (TPSA) is 35.2 Å². The zero-order chi connectivity index (χ0) is 14.4. The van der Waals surface area contributed by atoms with Crippen molar-refractivity contribution in [3.8, 4) is 5.75 Å². The predicted molar refractivity (Wildman–Crippen MR) is 84.1 cm³/mol. The van der Waals surface area contributed by atoms with Gasteiger partial charge in [-0.25, -0.2) is 0 Å². The zero-order valence-electron chi connectivity index (χ0n) is 12.3. The molecular weight excluding hydrogens is 246 g/mol. The van der Waals surface area contributed by atoms with E-state index in [0.717, 1.165) is 12.2 Å². The van der Waals surface area contributed by atoms with Gasteiger partial charge in [-0.15, -0.1) is 0 Å². The third-order valence-electron chi connectivity index (χ3n) is 3.41. The first-order valence-electron chi connectivity index (χ1n) is 7.19. The Hall–Kier alpha value is -1.80. The van der Waals surface area contributed by atoms with E-state index in [0.29, 0.717) is 19.1 Å². The molecule has 0 aliphatic rings. The van der Waals surface area contributed by atoms with Gasteiger partial charge in [-0.3, -0.25) is 0 Å². The summed E-state index contributed by atoms with van der Waals surface area (Å²) >= 11 is 0. The van der Waals surface area contributed by atoms with Gasteiger partial charge >= 0.3 is 0 Å². The van der Waals surface area contributed by atoms with Crippen molar-refractivity contribution in [3.05, 3.63) is 65.2 Å². The second-order valence-corrected chi connectivity index (χ2v) is 5.37. The van der Waals surface area contributed by atoms with Gasteiger partial charge < -0.3 is 10.5 Å². The molecule has 0 spiro atoms. The molecule has 0 amide bonds. The third kappa shape index (κ3) is 4.10. The van der Waals surface area contributed by atoms with Crippen molar-refractivity contribution < 1.29 is 4.74 Å². The average Bonchev–Trinajstić information content (AvgIpc) is 2.47. The van der Waals surface area contributed by atoms with Crippen LogP contribution in [0.2, 0.25) is 0 Å². The fraction of sp³-hybridized carbons (Fsp3) is 0.333. The largest absolute Gasteiger partial charge is 0.489 e. The number of rotatable bonds is 6. The minimum atomic E-state index is 0.555. The summed E-state index contributed by atoms with van der Waals surface area (Å²) in [6.07, 6.45) is 0.928. The van der Waals surface area contributed by atoms with E-state index in [1.165, 1.54) is 16.7 Å². The van der Waals surface area contributed by atoms with Crippen LogP contribution < -0.4 is 10.5 Å². The number of ether oxygens (including phenoxy) is 1. The molecule has 0 aliphatic carbocycles. The molecule has 0 fully saturated rings. The van der Waals surface area contributed by atoms with Crippen molar-refractivity contribution in [3.63, 3.8) is 0 Å². The number of hydrogen-bond donors (Lipinski definition) is 1. The highest BCUT2D eigenvalue weighted by atomic mass is 16.5. The molecule has 2 aromatic rings. The summed E-state index contributed by atoms with van der Waals surface area (Å²) in [4.78, 5) is 0. The van der Waals surface area contributed by atoms with Gasteiger partial charge in [-0.05, 0) is 47.7 Å². The molecule has 0 aromatic heterocycles. The number of hydrogen-bond acceptors (Lipinski definition) is 2. The van der Waals surface area contributed by atoms with Crippen LogP contribution in [0.3, 0.4) is 0 Å². The molecular formula is C18H23NO. The molecule has 0 atom stereocenters. The maximum absolute atomic E-state index is 5.80. The molecule has 2 N–H and O–H groups in total.